The topological polar surface area (TPSA) is 159 Å². The quantitative estimate of drug-likeness (QED) is 0.230. The van der Waals surface area contributed by atoms with Crippen LogP contribution in [0, 0.1) is 35.0 Å². The number of nitrogens with one attached hydrogen (secondary N) is 2. The third kappa shape index (κ3) is 9.72. The average Bonchev–Trinajstić information content (AvgIpc) is 3.79. The standard InChI is InChI=1S/C41H58N4O8/c1-40(2,3)53-39(52)43-34(26-15-11-12-16-26)38(51)45-23-28-32(41(28,4)5)35(45)30(47)22-27(21-24-17-18-24)36(49)29(46)19-20-31(48)42-33(37(50)44(6)7)25-13-9-8-10-14-25/h8-10,13-14,24,26-28,32-35H,11-12,15-23H2,1-7H3,(H,42,48)(H,43,52)/t27?,28-,32-,33-,34-,35+/m0/s1. The first-order valence-electron chi connectivity index (χ1n) is 19.3. The summed E-state index contributed by atoms with van der Waals surface area (Å²) in [6.45, 7) is 9.86. The molecule has 3 saturated carbocycles. The van der Waals surface area contributed by atoms with Gasteiger partial charge in [0.25, 0.3) is 0 Å². The summed E-state index contributed by atoms with van der Waals surface area (Å²) in [4.78, 5) is 97.6. The number of benzene rings is 1. The molecule has 4 fully saturated rings. The fourth-order valence-corrected chi connectivity index (χ4v) is 8.57. The molecule has 4 amide bonds. The van der Waals surface area contributed by atoms with Crippen LogP contribution in [-0.4, -0.2) is 89.3 Å². The van der Waals surface area contributed by atoms with E-state index < -0.39 is 53.2 Å². The van der Waals surface area contributed by atoms with E-state index in [2.05, 4.69) is 24.5 Å². The molecule has 290 valence electrons. The summed E-state index contributed by atoms with van der Waals surface area (Å²) in [6.07, 6.45) is 4.25. The number of likely N-dealkylation sites (N-methyl/N-ethyl adjacent to an activating group) is 1. The number of amides is 4. The Bertz CT molecular complexity index is 1570. The van der Waals surface area contributed by atoms with Crippen molar-refractivity contribution in [1.82, 2.24) is 20.4 Å². The molecule has 1 unspecified atom stereocenters. The molecule has 0 radical (unpaired) electrons. The van der Waals surface area contributed by atoms with Gasteiger partial charge in [-0.25, -0.2) is 4.79 Å². The maximum Gasteiger partial charge on any atom is 0.408 e. The number of likely N-dealkylation sites (tertiary alicyclic amines) is 1. The van der Waals surface area contributed by atoms with Crippen molar-refractivity contribution in [2.75, 3.05) is 20.6 Å². The molecule has 1 aliphatic heterocycles. The van der Waals surface area contributed by atoms with Gasteiger partial charge in [-0.3, -0.25) is 28.8 Å². The summed E-state index contributed by atoms with van der Waals surface area (Å²) in [5.41, 5.74) is -0.310. The Kier molecular flexibility index (Phi) is 12.2. The molecule has 1 aromatic rings. The van der Waals surface area contributed by atoms with Gasteiger partial charge < -0.3 is 25.2 Å². The van der Waals surface area contributed by atoms with E-state index in [1.807, 2.05) is 0 Å². The Balaban J connectivity index is 1.27. The van der Waals surface area contributed by atoms with Gasteiger partial charge in [-0.2, -0.15) is 0 Å². The van der Waals surface area contributed by atoms with Crippen molar-refractivity contribution < 1.29 is 38.3 Å². The zero-order valence-electron chi connectivity index (χ0n) is 32.4. The summed E-state index contributed by atoms with van der Waals surface area (Å²) < 4.78 is 5.52. The number of Topliss-reactive ketones (excluding diaryl/α,β-unsaturated/α-hetero) is 3. The van der Waals surface area contributed by atoms with Crippen LogP contribution in [0.4, 0.5) is 4.79 Å². The number of nitrogens with zero attached hydrogens (tertiary/aromatic N) is 2. The monoisotopic (exact) mass is 734 g/mol. The number of fused-ring (bicyclic) bond motifs is 1. The van der Waals surface area contributed by atoms with Crippen molar-refractivity contribution >= 4 is 41.2 Å². The second-order valence-corrected chi connectivity index (χ2v) is 17.5. The maximum absolute atomic E-state index is 14.4. The fraction of sp³-hybridized carbons (Fsp3) is 0.683. The van der Waals surface area contributed by atoms with Crippen molar-refractivity contribution in [2.24, 2.45) is 35.0 Å². The molecule has 12 heteroatoms. The van der Waals surface area contributed by atoms with Crippen LogP contribution >= 0.6 is 0 Å². The van der Waals surface area contributed by atoms with Crippen molar-refractivity contribution in [1.29, 1.82) is 0 Å². The molecule has 12 nitrogen and oxygen atoms in total. The lowest BCUT2D eigenvalue weighted by Gasteiger charge is -2.35. The largest absolute Gasteiger partial charge is 0.444 e. The Morgan fingerprint density at radius 3 is 2.15 bits per heavy atom. The summed E-state index contributed by atoms with van der Waals surface area (Å²) in [6, 6.07) is 6.28. The van der Waals surface area contributed by atoms with Gasteiger partial charge in [-0.15, -0.1) is 0 Å². The Hall–Kier alpha value is -4.09. The minimum Gasteiger partial charge on any atom is -0.444 e. The van der Waals surface area contributed by atoms with Crippen LogP contribution in [0.1, 0.15) is 110 Å². The number of carbonyl (C=O) groups is 7. The average molecular weight is 735 g/mol. The van der Waals surface area contributed by atoms with Crippen molar-refractivity contribution in [3.05, 3.63) is 35.9 Å². The highest BCUT2D eigenvalue weighted by Gasteiger charge is 2.69. The van der Waals surface area contributed by atoms with E-state index in [1.165, 1.54) is 4.90 Å². The van der Waals surface area contributed by atoms with Gasteiger partial charge in [0.15, 0.2) is 11.6 Å². The first-order valence-corrected chi connectivity index (χ1v) is 19.3. The fourth-order valence-electron chi connectivity index (χ4n) is 8.57. The van der Waals surface area contributed by atoms with E-state index in [9.17, 15) is 33.6 Å². The lowest BCUT2D eigenvalue weighted by atomic mass is 9.85. The van der Waals surface area contributed by atoms with Crippen molar-refractivity contribution in [2.45, 2.75) is 123 Å². The summed E-state index contributed by atoms with van der Waals surface area (Å²) in [7, 11) is 3.18. The number of ether oxygens (including phenoxy) is 1. The predicted octanol–water partition coefficient (Wildman–Crippen LogP) is 4.79. The molecule has 3 aliphatic carbocycles. The Morgan fingerprint density at radius 2 is 1.57 bits per heavy atom. The molecule has 1 heterocycles. The highest BCUT2D eigenvalue weighted by Crippen LogP contribution is 2.65. The highest BCUT2D eigenvalue weighted by atomic mass is 16.6. The van der Waals surface area contributed by atoms with Gasteiger partial charge in [0.05, 0.1) is 6.04 Å². The second-order valence-electron chi connectivity index (χ2n) is 17.5. The zero-order chi connectivity index (χ0) is 38.8. The number of ketones is 3. The number of hydrogen-bond acceptors (Lipinski definition) is 8. The van der Waals surface area contributed by atoms with Gasteiger partial charge in [0.1, 0.15) is 17.7 Å². The van der Waals surface area contributed by atoms with Crippen LogP contribution in [0.2, 0.25) is 0 Å². The molecular formula is C41H58N4O8. The predicted molar refractivity (Wildman–Crippen MR) is 197 cm³/mol. The molecule has 5 rings (SSSR count). The number of hydrogen-bond donors (Lipinski definition) is 2. The van der Waals surface area contributed by atoms with E-state index in [0.717, 1.165) is 38.5 Å². The van der Waals surface area contributed by atoms with Crippen molar-refractivity contribution in [3.8, 4) is 0 Å². The zero-order valence-corrected chi connectivity index (χ0v) is 32.4. The van der Waals surface area contributed by atoms with Crippen LogP contribution in [0.3, 0.4) is 0 Å². The lowest BCUT2D eigenvalue weighted by molar-refractivity contribution is -0.144. The molecule has 1 aromatic carbocycles. The number of rotatable bonds is 16. The minimum atomic E-state index is -0.940. The van der Waals surface area contributed by atoms with Gasteiger partial charge in [0.2, 0.25) is 23.5 Å². The van der Waals surface area contributed by atoms with Crippen molar-refractivity contribution in [3.63, 3.8) is 0 Å². The highest BCUT2D eigenvalue weighted by molar-refractivity contribution is 6.38. The molecule has 0 spiro atoms. The third-order valence-electron chi connectivity index (χ3n) is 11.7. The molecule has 0 bridgehead atoms. The van der Waals surface area contributed by atoms with E-state index >= 15 is 0 Å². The second kappa shape index (κ2) is 16.1. The third-order valence-corrected chi connectivity index (χ3v) is 11.7. The number of piperidine rings is 1. The molecular weight excluding hydrogens is 676 g/mol. The van der Waals surface area contributed by atoms with E-state index in [-0.39, 0.29) is 65.9 Å². The summed E-state index contributed by atoms with van der Waals surface area (Å²) in [5.74, 6) is -3.43. The molecule has 2 N–H and O–H groups in total. The van der Waals surface area contributed by atoms with Crippen LogP contribution in [0.5, 0.6) is 0 Å². The lowest BCUT2D eigenvalue weighted by Crippen LogP contribution is -2.56. The van der Waals surface area contributed by atoms with Gasteiger partial charge >= 0.3 is 6.09 Å². The van der Waals surface area contributed by atoms with E-state index in [0.29, 0.717) is 18.5 Å². The van der Waals surface area contributed by atoms with Gasteiger partial charge in [-0.05, 0) is 74.7 Å². The summed E-state index contributed by atoms with van der Waals surface area (Å²) in [5, 5.41) is 5.56. The molecule has 53 heavy (non-hydrogen) atoms. The number of alkyl carbamates (subject to hydrolysis) is 1. The molecule has 1 saturated heterocycles. The number of carbonyl (C=O) groups excluding carboxylic acids is 7. The van der Waals surface area contributed by atoms with E-state index in [1.54, 1.807) is 70.1 Å². The molecule has 4 aliphatic rings. The molecule has 6 atom stereocenters. The van der Waals surface area contributed by atoms with Crippen LogP contribution in [0.25, 0.3) is 0 Å². The molecule has 0 aromatic heterocycles. The minimum absolute atomic E-state index is 0.0707. The maximum atomic E-state index is 14.4. The first kappa shape index (κ1) is 40.1. The van der Waals surface area contributed by atoms with Crippen LogP contribution < -0.4 is 10.6 Å². The van der Waals surface area contributed by atoms with E-state index in [4.69, 9.17) is 4.74 Å². The first-order chi connectivity index (χ1) is 24.9. The Labute approximate surface area is 313 Å². The SMILES string of the molecule is CN(C)C(=O)[C@@H](NC(=O)CCC(=O)C(=O)C(CC(=O)[C@@H]1[C@@H]2[C@H](CN1C(=O)[C@@H](NC(=O)OC(C)(C)C)C1CCCC1)C2(C)C)CC1CC1)c1ccccc1. The normalized spacial score (nSPS) is 23.6. The van der Waals surface area contributed by atoms with Gasteiger partial charge in [-0.1, -0.05) is 69.9 Å². The summed E-state index contributed by atoms with van der Waals surface area (Å²) >= 11 is 0. The van der Waals surface area contributed by atoms with Gasteiger partial charge in [0, 0.05) is 45.8 Å². The van der Waals surface area contributed by atoms with Crippen LogP contribution in [-0.2, 0) is 33.5 Å². The smallest absolute Gasteiger partial charge is 0.408 e. The van der Waals surface area contributed by atoms with Crippen LogP contribution in [0.15, 0.2) is 30.3 Å². The Morgan fingerprint density at radius 1 is 0.925 bits per heavy atom.